The third kappa shape index (κ3) is 3.89. The van der Waals surface area contributed by atoms with E-state index in [1.807, 2.05) is 24.4 Å². The number of nitrogens with zero attached hydrogens (tertiary/aromatic N) is 3. The number of rotatable bonds is 2. The number of thioether (sulfide) groups is 1. The van der Waals surface area contributed by atoms with Crippen molar-refractivity contribution in [2.75, 3.05) is 20.1 Å². The lowest BCUT2D eigenvalue weighted by molar-refractivity contribution is 0.564. The van der Waals surface area contributed by atoms with Gasteiger partial charge in [0.05, 0.1) is 12.2 Å². The fourth-order valence-corrected chi connectivity index (χ4v) is 2.23. The van der Waals surface area contributed by atoms with Crippen molar-refractivity contribution in [3.05, 3.63) is 30.1 Å². The molecule has 0 amide bonds. The van der Waals surface area contributed by atoms with Crippen molar-refractivity contribution < 1.29 is 0 Å². The Kier molecular flexibility index (Phi) is 6.89. The molecule has 2 heterocycles. The summed E-state index contributed by atoms with van der Waals surface area (Å²) in [5, 5.41) is 1.13. The van der Waals surface area contributed by atoms with Crippen molar-refractivity contribution in [1.29, 1.82) is 0 Å². The zero-order valence-electron chi connectivity index (χ0n) is 8.76. The lowest BCUT2D eigenvalue weighted by atomic mass is 10.4. The summed E-state index contributed by atoms with van der Waals surface area (Å²) >= 11 is 1.76. The fraction of sp³-hybridized carbons (Fsp3) is 0.455. The van der Waals surface area contributed by atoms with Crippen LogP contribution >= 0.6 is 11.8 Å². The van der Waals surface area contributed by atoms with Crippen LogP contribution in [-0.4, -0.2) is 43.6 Å². The van der Waals surface area contributed by atoms with Crippen molar-refractivity contribution >= 4 is 25.3 Å². The minimum Gasteiger partial charge on any atom is -0.353 e. The lowest BCUT2D eigenvalue weighted by Gasteiger charge is -2.12. The predicted molar refractivity (Wildman–Crippen MR) is 72.9 cm³/mol. The molecule has 85 valence electrons. The van der Waals surface area contributed by atoms with E-state index in [2.05, 4.69) is 21.9 Å². The van der Waals surface area contributed by atoms with E-state index in [-0.39, 0.29) is 15.8 Å². The van der Waals surface area contributed by atoms with Crippen molar-refractivity contribution in [2.24, 2.45) is 4.99 Å². The molecule has 0 atom stereocenters. The Hall–Kier alpha value is -0.965. The van der Waals surface area contributed by atoms with E-state index in [1.165, 1.54) is 0 Å². The van der Waals surface area contributed by atoms with E-state index in [0.29, 0.717) is 0 Å². The number of hydrogen-bond donors (Lipinski definition) is 0. The molecule has 2 rings (SSSR count). The van der Waals surface area contributed by atoms with Gasteiger partial charge in [0, 0.05) is 34.0 Å². The summed E-state index contributed by atoms with van der Waals surface area (Å²) in [6.45, 7) is 1.98. The van der Waals surface area contributed by atoms with E-state index in [4.69, 9.17) is 0 Å². The third-order valence-electron chi connectivity index (χ3n) is 2.08. The van der Waals surface area contributed by atoms with Gasteiger partial charge in [0.25, 0.3) is 0 Å². The van der Waals surface area contributed by atoms with Gasteiger partial charge in [0.2, 0.25) is 0 Å². The van der Waals surface area contributed by atoms with Gasteiger partial charge in [0.15, 0.2) is 5.17 Å². The van der Waals surface area contributed by atoms with E-state index >= 15 is 0 Å². The molecule has 1 aliphatic rings. The first-order valence-electron chi connectivity index (χ1n) is 4.64. The number of pyridine rings is 1. The second kappa shape index (κ2) is 7.33. The highest BCUT2D eigenvalue weighted by molar-refractivity contribution is 8.13. The molecule has 3 radical (unpaired) electrons. The Bertz CT molecular complexity index is 329. The van der Waals surface area contributed by atoms with Gasteiger partial charge in [-0.2, -0.15) is 0 Å². The Morgan fingerprint density at radius 3 is 2.81 bits per heavy atom. The first kappa shape index (κ1) is 15.0. The van der Waals surface area contributed by atoms with Gasteiger partial charge in [-0.25, -0.2) is 0 Å². The van der Waals surface area contributed by atoms with Gasteiger partial charge >= 0.3 is 0 Å². The molecule has 0 saturated heterocycles. The molecule has 1 aromatic rings. The molecule has 0 unspecified atom stereocenters. The lowest BCUT2D eigenvalue weighted by Crippen LogP contribution is -2.19. The second-order valence-corrected chi connectivity index (χ2v) is 4.14. The number of aromatic nitrogens is 1. The topological polar surface area (TPSA) is 28.5 Å². The first-order valence-corrected chi connectivity index (χ1v) is 5.63. The minimum atomic E-state index is 0. The fourth-order valence-electron chi connectivity index (χ4n) is 1.29. The van der Waals surface area contributed by atoms with Crippen LogP contribution in [0.3, 0.4) is 0 Å². The average Bonchev–Trinajstić information content (AvgIpc) is 2.63. The molecule has 0 fully saturated rings. The molecule has 1 aliphatic heterocycles. The van der Waals surface area contributed by atoms with Gasteiger partial charge < -0.3 is 4.90 Å². The standard InChI is InChI=1S/C10H13N3S.CH4.B/c1-13-7-6-12-10(13)14-8-9-4-2-3-5-11-9;;/h2-5H,6-8H2,1H3;1H4;. The molecule has 16 heavy (non-hydrogen) atoms. The van der Waals surface area contributed by atoms with Crippen molar-refractivity contribution in [3.63, 3.8) is 0 Å². The van der Waals surface area contributed by atoms with Gasteiger partial charge in [-0.1, -0.05) is 25.3 Å². The number of aliphatic imine (C=N–C) groups is 1. The first-order chi connectivity index (χ1) is 6.86. The highest BCUT2D eigenvalue weighted by Crippen LogP contribution is 2.16. The Morgan fingerprint density at radius 2 is 2.25 bits per heavy atom. The molecule has 0 aliphatic carbocycles. The molecule has 0 spiro atoms. The van der Waals surface area contributed by atoms with Crippen molar-refractivity contribution in [1.82, 2.24) is 9.88 Å². The highest BCUT2D eigenvalue weighted by Gasteiger charge is 2.12. The maximum atomic E-state index is 4.41. The molecule has 3 nitrogen and oxygen atoms in total. The molecule has 0 saturated carbocycles. The van der Waals surface area contributed by atoms with Gasteiger partial charge in [0.1, 0.15) is 0 Å². The Morgan fingerprint density at radius 1 is 1.44 bits per heavy atom. The Labute approximate surface area is 104 Å². The summed E-state index contributed by atoms with van der Waals surface area (Å²) in [6.07, 6.45) is 1.83. The van der Waals surface area contributed by atoms with Gasteiger partial charge in [-0.15, -0.1) is 0 Å². The van der Waals surface area contributed by atoms with E-state index < -0.39 is 0 Å². The van der Waals surface area contributed by atoms with Crippen LogP contribution in [0, 0.1) is 0 Å². The summed E-state index contributed by atoms with van der Waals surface area (Å²) in [4.78, 5) is 10.9. The Balaban J connectivity index is 0.00000112. The molecule has 0 bridgehead atoms. The van der Waals surface area contributed by atoms with Crippen LogP contribution in [-0.2, 0) is 5.75 Å². The molecular formula is C11H17BN3S. The van der Waals surface area contributed by atoms with E-state index in [0.717, 1.165) is 29.7 Å². The predicted octanol–water partition coefficient (Wildman–Crippen LogP) is 1.87. The van der Waals surface area contributed by atoms with Crippen LogP contribution in [0.15, 0.2) is 29.4 Å². The second-order valence-electron chi connectivity index (χ2n) is 3.20. The molecule has 1 aromatic heterocycles. The highest BCUT2D eigenvalue weighted by atomic mass is 32.2. The smallest absolute Gasteiger partial charge is 0.159 e. The van der Waals surface area contributed by atoms with Crippen LogP contribution in [0.2, 0.25) is 0 Å². The minimum absolute atomic E-state index is 0. The monoisotopic (exact) mass is 234 g/mol. The maximum absolute atomic E-state index is 4.41. The summed E-state index contributed by atoms with van der Waals surface area (Å²) in [6, 6.07) is 6.00. The average molecular weight is 234 g/mol. The zero-order valence-corrected chi connectivity index (χ0v) is 9.57. The van der Waals surface area contributed by atoms with Gasteiger partial charge in [-0.3, -0.25) is 9.98 Å². The molecular weight excluding hydrogens is 217 g/mol. The maximum Gasteiger partial charge on any atom is 0.159 e. The van der Waals surface area contributed by atoms with Crippen molar-refractivity contribution in [3.8, 4) is 0 Å². The number of hydrogen-bond acceptors (Lipinski definition) is 4. The molecule has 5 heteroatoms. The van der Waals surface area contributed by atoms with Gasteiger partial charge in [-0.05, 0) is 12.1 Å². The summed E-state index contributed by atoms with van der Waals surface area (Å²) in [5.41, 5.74) is 1.11. The van der Waals surface area contributed by atoms with Crippen LogP contribution in [0.5, 0.6) is 0 Å². The number of likely N-dealkylation sites (N-methyl/N-ethyl adjacent to an activating group) is 1. The summed E-state index contributed by atoms with van der Waals surface area (Å²) < 4.78 is 0. The summed E-state index contributed by atoms with van der Waals surface area (Å²) in [7, 11) is 2.08. The quantitative estimate of drug-likeness (QED) is 0.731. The molecule has 0 N–H and O–H groups in total. The van der Waals surface area contributed by atoms with Crippen molar-refractivity contribution in [2.45, 2.75) is 13.2 Å². The van der Waals surface area contributed by atoms with Crippen LogP contribution in [0.1, 0.15) is 13.1 Å². The van der Waals surface area contributed by atoms with Crippen LogP contribution in [0.4, 0.5) is 0 Å². The SMILES string of the molecule is C.CN1CCN=C1SCc1ccccn1.[B]. The van der Waals surface area contributed by atoms with E-state index in [9.17, 15) is 0 Å². The van der Waals surface area contributed by atoms with Crippen LogP contribution < -0.4 is 0 Å². The third-order valence-corrected chi connectivity index (χ3v) is 3.22. The normalized spacial score (nSPS) is 13.8. The number of amidine groups is 1. The summed E-state index contributed by atoms with van der Waals surface area (Å²) in [5.74, 6) is 0.907. The molecule has 0 aromatic carbocycles. The zero-order chi connectivity index (χ0) is 9.80. The van der Waals surface area contributed by atoms with E-state index in [1.54, 1.807) is 11.8 Å². The largest absolute Gasteiger partial charge is 0.353 e. The van der Waals surface area contributed by atoms with Crippen LogP contribution in [0.25, 0.3) is 0 Å².